The summed E-state index contributed by atoms with van der Waals surface area (Å²) in [7, 11) is -1.84. The van der Waals surface area contributed by atoms with Crippen LogP contribution in [-0.2, 0) is 19.4 Å². The second-order valence-electron chi connectivity index (χ2n) is 6.09. The number of sulfone groups is 1. The molecule has 0 bridgehead atoms. The Balaban J connectivity index is 3.11. The van der Waals surface area contributed by atoms with E-state index >= 15 is 0 Å². The summed E-state index contributed by atoms with van der Waals surface area (Å²) in [6.07, 6.45) is 0.535. The van der Waals surface area contributed by atoms with Crippen molar-refractivity contribution in [3.63, 3.8) is 0 Å². The van der Waals surface area contributed by atoms with Crippen LogP contribution in [-0.4, -0.2) is 38.0 Å². The van der Waals surface area contributed by atoms with Crippen LogP contribution < -0.4 is 5.73 Å². The highest BCUT2D eigenvalue weighted by Gasteiger charge is 2.56. The molecule has 0 aliphatic carbocycles. The van der Waals surface area contributed by atoms with E-state index in [1.807, 2.05) is 13.8 Å². The SMILES string of the molecule is COC(=O)C(N)C(C)(C)C1CCS(=O)(=O)C1(C)C. The molecule has 0 aromatic heterocycles. The maximum Gasteiger partial charge on any atom is 0.323 e. The second-order valence-corrected chi connectivity index (χ2v) is 8.78. The number of carbonyl (C=O) groups is 1. The van der Waals surface area contributed by atoms with Gasteiger partial charge in [0.1, 0.15) is 6.04 Å². The third kappa shape index (κ3) is 2.16. The van der Waals surface area contributed by atoms with Gasteiger partial charge in [-0.1, -0.05) is 13.8 Å². The summed E-state index contributed by atoms with van der Waals surface area (Å²) in [6.45, 7) is 7.10. The first-order valence-electron chi connectivity index (χ1n) is 6.04. The van der Waals surface area contributed by atoms with Crippen molar-refractivity contribution in [1.82, 2.24) is 0 Å². The molecule has 0 amide bonds. The fraction of sp³-hybridized carbons (Fsp3) is 0.917. The van der Waals surface area contributed by atoms with Crippen molar-refractivity contribution in [3.05, 3.63) is 0 Å². The van der Waals surface area contributed by atoms with Crippen molar-refractivity contribution in [2.24, 2.45) is 17.1 Å². The molecule has 0 aromatic rings. The second kappa shape index (κ2) is 4.49. The molecule has 0 spiro atoms. The predicted octanol–water partition coefficient (Wildman–Crippen LogP) is 0.726. The molecule has 1 aliphatic heterocycles. The lowest BCUT2D eigenvalue weighted by molar-refractivity contribution is -0.146. The molecule has 0 saturated carbocycles. The van der Waals surface area contributed by atoms with Crippen molar-refractivity contribution in [1.29, 1.82) is 0 Å². The smallest absolute Gasteiger partial charge is 0.323 e. The molecular formula is C12H23NO4S. The fourth-order valence-electron chi connectivity index (χ4n) is 3.02. The van der Waals surface area contributed by atoms with Crippen LogP contribution in [0.15, 0.2) is 0 Å². The van der Waals surface area contributed by atoms with Gasteiger partial charge in [-0.2, -0.15) is 0 Å². The molecule has 106 valence electrons. The van der Waals surface area contributed by atoms with Crippen molar-refractivity contribution in [2.45, 2.75) is 44.9 Å². The van der Waals surface area contributed by atoms with Gasteiger partial charge in [0.2, 0.25) is 0 Å². The summed E-state index contributed by atoms with van der Waals surface area (Å²) < 4.78 is 27.9. The first-order valence-corrected chi connectivity index (χ1v) is 7.69. The van der Waals surface area contributed by atoms with Crippen LogP contribution >= 0.6 is 0 Å². The predicted molar refractivity (Wildman–Crippen MR) is 69.7 cm³/mol. The number of nitrogens with two attached hydrogens (primary N) is 1. The normalized spacial score (nSPS) is 27.8. The van der Waals surface area contributed by atoms with Crippen molar-refractivity contribution < 1.29 is 17.9 Å². The highest BCUT2D eigenvalue weighted by atomic mass is 32.2. The summed E-state index contributed by atoms with van der Waals surface area (Å²) >= 11 is 0. The van der Waals surface area contributed by atoms with Gasteiger partial charge in [-0.05, 0) is 31.6 Å². The quantitative estimate of drug-likeness (QED) is 0.768. The van der Waals surface area contributed by atoms with Gasteiger partial charge >= 0.3 is 5.97 Å². The number of hydrogen-bond donors (Lipinski definition) is 1. The van der Waals surface area contributed by atoms with Gasteiger partial charge in [0.05, 0.1) is 17.6 Å². The Hall–Kier alpha value is -0.620. The van der Waals surface area contributed by atoms with Gasteiger partial charge in [0.15, 0.2) is 9.84 Å². The standard InChI is InChI=1S/C12H23NO4S/c1-11(2,9(13)10(14)17-5)8-6-7-18(15,16)12(8,3)4/h8-9H,6-7,13H2,1-5H3. The highest BCUT2D eigenvalue weighted by Crippen LogP contribution is 2.48. The molecule has 0 aromatic carbocycles. The van der Waals surface area contributed by atoms with Gasteiger partial charge in [0.25, 0.3) is 0 Å². The summed E-state index contributed by atoms with van der Waals surface area (Å²) in [5, 5.41) is 0. The average Bonchev–Trinajstić information content (AvgIpc) is 2.46. The molecule has 1 aliphatic rings. The van der Waals surface area contributed by atoms with Crippen LogP contribution in [0.3, 0.4) is 0 Å². The lowest BCUT2D eigenvalue weighted by atomic mass is 9.67. The number of carbonyl (C=O) groups excluding carboxylic acids is 1. The molecule has 2 N–H and O–H groups in total. The lowest BCUT2D eigenvalue weighted by Gasteiger charge is -2.41. The minimum absolute atomic E-state index is 0.155. The van der Waals surface area contributed by atoms with Crippen molar-refractivity contribution in [2.75, 3.05) is 12.9 Å². The van der Waals surface area contributed by atoms with Crippen LogP contribution in [0.25, 0.3) is 0 Å². The first-order chi connectivity index (χ1) is 7.98. The number of esters is 1. The number of rotatable bonds is 3. The van der Waals surface area contributed by atoms with E-state index in [9.17, 15) is 13.2 Å². The van der Waals surface area contributed by atoms with Crippen LogP contribution in [0.1, 0.15) is 34.1 Å². The van der Waals surface area contributed by atoms with Crippen LogP contribution in [0.2, 0.25) is 0 Å². The Morgan fingerprint density at radius 1 is 1.44 bits per heavy atom. The third-order valence-electron chi connectivity index (χ3n) is 4.47. The molecule has 6 heteroatoms. The molecule has 0 radical (unpaired) electrons. The maximum absolute atomic E-state index is 12.0. The highest BCUT2D eigenvalue weighted by molar-refractivity contribution is 7.93. The Morgan fingerprint density at radius 2 is 1.94 bits per heavy atom. The molecule has 1 rings (SSSR count). The topological polar surface area (TPSA) is 86.5 Å². The zero-order valence-electron chi connectivity index (χ0n) is 11.7. The molecular weight excluding hydrogens is 254 g/mol. The lowest BCUT2D eigenvalue weighted by Crippen LogP contribution is -2.53. The number of ether oxygens (including phenoxy) is 1. The summed E-state index contributed by atoms with van der Waals surface area (Å²) in [4.78, 5) is 11.6. The minimum atomic E-state index is -3.13. The van der Waals surface area contributed by atoms with Crippen molar-refractivity contribution >= 4 is 15.8 Å². The van der Waals surface area contributed by atoms with E-state index in [4.69, 9.17) is 5.73 Å². The molecule has 1 heterocycles. The van der Waals surface area contributed by atoms with E-state index in [0.717, 1.165) is 0 Å². The van der Waals surface area contributed by atoms with Gasteiger partial charge in [-0.15, -0.1) is 0 Å². The van der Waals surface area contributed by atoms with Gasteiger partial charge in [0, 0.05) is 0 Å². The maximum atomic E-state index is 12.0. The monoisotopic (exact) mass is 277 g/mol. The zero-order valence-corrected chi connectivity index (χ0v) is 12.5. The molecule has 1 saturated heterocycles. The zero-order chi connectivity index (χ0) is 14.4. The summed E-state index contributed by atoms with van der Waals surface area (Å²) in [6, 6.07) is -0.819. The minimum Gasteiger partial charge on any atom is -0.468 e. The first kappa shape index (κ1) is 15.4. The molecule has 2 unspecified atom stereocenters. The van der Waals surface area contributed by atoms with Gasteiger partial charge in [-0.3, -0.25) is 4.79 Å². The number of methoxy groups -OCH3 is 1. The van der Waals surface area contributed by atoms with E-state index in [-0.39, 0.29) is 11.7 Å². The Labute approximate surface area is 109 Å². The van der Waals surface area contributed by atoms with E-state index < -0.39 is 32.0 Å². The summed E-state index contributed by atoms with van der Waals surface area (Å²) in [5.74, 6) is -0.508. The Kier molecular flexibility index (Phi) is 3.85. The average molecular weight is 277 g/mol. The fourth-order valence-corrected chi connectivity index (χ4v) is 4.94. The van der Waals surface area contributed by atoms with E-state index in [1.54, 1.807) is 13.8 Å². The number of hydrogen-bond acceptors (Lipinski definition) is 5. The van der Waals surface area contributed by atoms with Gasteiger partial charge in [-0.25, -0.2) is 8.42 Å². The van der Waals surface area contributed by atoms with E-state index in [2.05, 4.69) is 4.74 Å². The molecule has 1 fully saturated rings. The van der Waals surface area contributed by atoms with Crippen molar-refractivity contribution in [3.8, 4) is 0 Å². The Bertz CT molecular complexity index is 439. The third-order valence-corrected chi connectivity index (χ3v) is 7.13. The summed E-state index contributed by atoms with van der Waals surface area (Å²) in [5.41, 5.74) is 5.30. The molecule has 18 heavy (non-hydrogen) atoms. The molecule has 5 nitrogen and oxygen atoms in total. The van der Waals surface area contributed by atoms with Crippen LogP contribution in [0.5, 0.6) is 0 Å². The molecule has 2 atom stereocenters. The van der Waals surface area contributed by atoms with E-state index in [0.29, 0.717) is 6.42 Å². The van der Waals surface area contributed by atoms with E-state index in [1.165, 1.54) is 7.11 Å². The van der Waals surface area contributed by atoms with Crippen LogP contribution in [0.4, 0.5) is 0 Å². The largest absolute Gasteiger partial charge is 0.468 e. The van der Waals surface area contributed by atoms with Gasteiger partial charge < -0.3 is 10.5 Å². The van der Waals surface area contributed by atoms with Crippen LogP contribution in [0, 0.1) is 11.3 Å². The Morgan fingerprint density at radius 3 is 2.28 bits per heavy atom.